The monoisotopic (exact) mass is 316 g/mol. The smallest absolute Gasteiger partial charge is 0.189 e. The predicted molar refractivity (Wildman–Crippen MR) is 88.6 cm³/mol. The molecule has 0 saturated carbocycles. The first-order chi connectivity index (χ1) is 10.5. The number of rotatable bonds is 5. The van der Waals surface area contributed by atoms with Gasteiger partial charge in [-0.05, 0) is 42.3 Å². The Kier molecular flexibility index (Phi) is 5.23. The van der Waals surface area contributed by atoms with Crippen molar-refractivity contribution < 1.29 is 15.0 Å². The van der Waals surface area contributed by atoms with Gasteiger partial charge >= 0.3 is 0 Å². The van der Waals surface area contributed by atoms with E-state index in [9.17, 15) is 15.0 Å². The molecular weight excluding hydrogens is 300 g/mol. The third-order valence-electron chi connectivity index (χ3n) is 3.32. The topological polar surface area (TPSA) is 57.5 Å². The number of halogens is 1. The van der Waals surface area contributed by atoms with Gasteiger partial charge in [-0.15, -0.1) is 0 Å². The van der Waals surface area contributed by atoms with Crippen LogP contribution < -0.4 is 0 Å². The standard InChI is InChI=1S/C18H17ClO3/c1-2-3-14-17(21)11-9-15(18(14)22)16(20)10-6-12-4-7-13(19)8-5-12/h4-11,21-22H,2-3H2,1H3/b10-6+. The van der Waals surface area contributed by atoms with Crippen molar-refractivity contribution in [3.8, 4) is 11.5 Å². The van der Waals surface area contributed by atoms with Crippen molar-refractivity contribution in [2.24, 2.45) is 0 Å². The zero-order valence-electron chi connectivity index (χ0n) is 12.2. The van der Waals surface area contributed by atoms with Gasteiger partial charge in [0.05, 0.1) is 5.56 Å². The van der Waals surface area contributed by atoms with E-state index in [0.717, 1.165) is 12.0 Å². The third-order valence-corrected chi connectivity index (χ3v) is 3.57. The fourth-order valence-corrected chi connectivity index (χ4v) is 2.28. The minimum Gasteiger partial charge on any atom is -0.508 e. The van der Waals surface area contributed by atoms with Crippen LogP contribution in [-0.2, 0) is 6.42 Å². The van der Waals surface area contributed by atoms with Crippen LogP contribution in [-0.4, -0.2) is 16.0 Å². The Hall–Kier alpha value is -2.26. The van der Waals surface area contributed by atoms with Crippen molar-refractivity contribution in [2.75, 3.05) is 0 Å². The number of ketones is 1. The third kappa shape index (κ3) is 3.68. The zero-order valence-corrected chi connectivity index (χ0v) is 13.0. The van der Waals surface area contributed by atoms with E-state index in [1.807, 2.05) is 6.92 Å². The van der Waals surface area contributed by atoms with Gasteiger partial charge in [0.1, 0.15) is 11.5 Å². The number of allylic oxidation sites excluding steroid dienone is 1. The first-order valence-corrected chi connectivity index (χ1v) is 7.42. The molecule has 114 valence electrons. The molecule has 3 nitrogen and oxygen atoms in total. The highest BCUT2D eigenvalue weighted by Crippen LogP contribution is 2.32. The van der Waals surface area contributed by atoms with Gasteiger partial charge < -0.3 is 10.2 Å². The summed E-state index contributed by atoms with van der Waals surface area (Å²) in [5.74, 6) is -0.449. The zero-order chi connectivity index (χ0) is 16.1. The van der Waals surface area contributed by atoms with Crippen LogP contribution in [0.4, 0.5) is 0 Å². The number of hydrogen-bond acceptors (Lipinski definition) is 3. The quantitative estimate of drug-likeness (QED) is 0.626. The van der Waals surface area contributed by atoms with Crippen molar-refractivity contribution >= 4 is 23.5 Å². The molecule has 0 fully saturated rings. The number of hydrogen-bond donors (Lipinski definition) is 2. The van der Waals surface area contributed by atoms with Crippen molar-refractivity contribution in [2.45, 2.75) is 19.8 Å². The number of phenolic OH excluding ortho intramolecular Hbond substituents is 2. The van der Waals surface area contributed by atoms with Crippen LogP contribution in [0.1, 0.15) is 34.8 Å². The largest absolute Gasteiger partial charge is 0.508 e. The molecule has 0 aromatic heterocycles. The van der Waals surface area contributed by atoms with Crippen molar-refractivity contribution in [3.05, 3.63) is 64.2 Å². The molecule has 0 atom stereocenters. The number of carbonyl (C=O) groups excluding carboxylic acids is 1. The molecule has 0 bridgehead atoms. The van der Waals surface area contributed by atoms with Gasteiger partial charge in [0, 0.05) is 10.6 Å². The van der Waals surface area contributed by atoms with Crippen molar-refractivity contribution in [1.29, 1.82) is 0 Å². The van der Waals surface area contributed by atoms with E-state index in [0.29, 0.717) is 17.0 Å². The van der Waals surface area contributed by atoms with Crippen LogP contribution >= 0.6 is 11.6 Å². The Balaban J connectivity index is 2.26. The molecule has 0 radical (unpaired) electrons. The van der Waals surface area contributed by atoms with E-state index >= 15 is 0 Å². The molecule has 4 heteroatoms. The Bertz CT molecular complexity index is 703. The molecular formula is C18H17ClO3. The summed E-state index contributed by atoms with van der Waals surface area (Å²) in [6.45, 7) is 1.94. The first kappa shape index (κ1) is 16.1. The fourth-order valence-electron chi connectivity index (χ4n) is 2.16. The Morgan fingerprint density at radius 1 is 1.14 bits per heavy atom. The summed E-state index contributed by atoms with van der Waals surface area (Å²) in [6.07, 6.45) is 4.33. The Labute approximate surface area is 134 Å². The summed E-state index contributed by atoms with van der Waals surface area (Å²) in [5, 5.41) is 20.6. The molecule has 0 amide bonds. The van der Waals surface area contributed by atoms with E-state index in [1.165, 1.54) is 18.2 Å². The maximum Gasteiger partial charge on any atom is 0.189 e. The molecule has 2 rings (SSSR count). The number of aromatic hydroxyl groups is 2. The summed E-state index contributed by atoms with van der Waals surface area (Å²) in [7, 11) is 0. The van der Waals surface area contributed by atoms with E-state index in [4.69, 9.17) is 11.6 Å². The van der Waals surface area contributed by atoms with Crippen LogP contribution in [0.15, 0.2) is 42.5 Å². The highest BCUT2D eigenvalue weighted by molar-refractivity contribution is 6.30. The van der Waals surface area contributed by atoms with Crippen LogP contribution in [0.25, 0.3) is 6.08 Å². The maximum atomic E-state index is 12.2. The second kappa shape index (κ2) is 7.14. The molecule has 0 aliphatic rings. The van der Waals surface area contributed by atoms with Gasteiger partial charge in [-0.25, -0.2) is 0 Å². The molecule has 0 saturated heterocycles. The molecule has 2 aromatic carbocycles. The van der Waals surface area contributed by atoms with Crippen LogP contribution in [0.2, 0.25) is 5.02 Å². The predicted octanol–water partition coefficient (Wildman–Crippen LogP) is 4.60. The van der Waals surface area contributed by atoms with E-state index in [1.54, 1.807) is 30.3 Å². The van der Waals surface area contributed by atoms with Gasteiger partial charge in [0.25, 0.3) is 0 Å². The van der Waals surface area contributed by atoms with E-state index in [-0.39, 0.29) is 22.8 Å². The second-order valence-electron chi connectivity index (χ2n) is 4.96. The van der Waals surface area contributed by atoms with Crippen LogP contribution in [0.3, 0.4) is 0 Å². The number of phenols is 2. The molecule has 0 heterocycles. The van der Waals surface area contributed by atoms with Crippen LogP contribution in [0, 0.1) is 0 Å². The highest BCUT2D eigenvalue weighted by atomic mass is 35.5. The van der Waals surface area contributed by atoms with Gasteiger partial charge in [0.2, 0.25) is 0 Å². The summed E-state index contributed by atoms with van der Waals surface area (Å²) in [4.78, 5) is 12.2. The Morgan fingerprint density at radius 2 is 1.82 bits per heavy atom. The molecule has 2 N–H and O–H groups in total. The van der Waals surface area contributed by atoms with Gasteiger partial charge in [-0.2, -0.15) is 0 Å². The molecule has 22 heavy (non-hydrogen) atoms. The highest BCUT2D eigenvalue weighted by Gasteiger charge is 2.15. The SMILES string of the molecule is CCCc1c(O)ccc(C(=O)/C=C/c2ccc(Cl)cc2)c1O. The lowest BCUT2D eigenvalue weighted by molar-refractivity contribution is 0.104. The maximum absolute atomic E-state index is 12.2. The van der Waals surface area contributed by atoms with Gasteiger partial charge in [-0.1, -0.05) is 43.2 Å². The molecule has 0 aliphatic heterocycles. The minimum atomic E-state index is -0.315. The molecule has 0 aliphatic carbocycles. The molecule has 0 unspecified atom stereocenters. The first-order valence-electron chi connectivity index (χ1n) is 7.04. The number of benzene rings is 2. The van der Waals surface area contributed by atoms with E-state index < -0.39 is 0 Å². The van der Waals surface area contributed by atoms with E-state index in [2.05, 4.69) is 0 Å². The normalized spacial score (nSPS) is 11.0. The lowest BCUT2D eigenvalue weighted by atomic mass is 10.0. The minimum absolute atomic E-state index is 0.0116. The van der Waals surface area contributed by atoms with Gasteiger partial charge in [-0.3, -0.25) is 4.79 Å². The average Bonchev–Trinajstić information content (AvgIpc) is 2.50. The average molecular weight is 317 g/mol. The number of carbonyl (C=O) groups is 1. The van der Waals surface area contributed by atoms with Crippen LogP contribution in [0.5, 0.6) is 11.5 Å². The fraction of sp³-hybridized carbons (Fsp3) is 0.167. The summed E-state index contributed by atoms with van der Waals surface area (Å²) in [5.41, 5.74) is 1.43. The lowest BCUT2D eigenvalue weighted by Crippen LogP contribution is -1.98. The van der Waals surface area contributed by atoms with Crippen molar-refractivity contribution in [3.63, 3.8) is 0 Å². The summed E-state index contributed by atoms with van der Waals surface area (Å²) < 4.78 is 0. The Morgan fingerprint density at radius 3 is 2.45 bits per heavy atom. The van der Waals surface area contributed by atoms with Gasteiger partial charge in [0.15, 0.2) is 5.78 Å². The summed E-state index contributed by atoms with van der Waals surface area (Å²) in [6, 6.07) is 9.94. The lowest BCUT2D eigenvalue weighted by Gasteiger charge is -2.09. The molecule has 2 aromatic rings. The summed E-state index contributed by atoms with van der Waals surface area (Å²) >= 11 is 5.81. The van der Waals surface area contributed by atoms with Crippen molar-refractivity contribution in [1.82, 2.24) is 0 Å². The second-order valence-corrected chi connectivity index (χ2v) is 5.39. The molecule has 0 spiro atoms.